The van der Waals surface area contributed by atoms with Gasteiger partial charge in [-0.15, -0.1) is 0 Å². The summed E-state index contributed by atoms with van der Waals surface area (Å²) in [5.41, 5.74) is 0.672. The first-order chi connectivity index (χ1) is 9.38. The largest absolute Gasteiger partial charge is 0.433 e. The van der Waals surface area contributed by atoms with Crippen molar-refractivity contribution in [1.82, 2.24) is 4.98 Å². The Labute approximate surface area is 123 Å². The van der Waals surface area contributed by atoms with Crippen LogP contribution in [-0.2, 0) is 6.18 Å². The van der Waals surface area contributed by atoms with E-state index in [0.29, 0.717) is 5.69 Å². The summed E-state index contributed by atoms with van der Waals surface area (Å²) in [4.78, 5) is 3.42. The Morgan fingerprint density at radius 3 is 2.40 bits per heavy atom. The van der Waals surface area contributed by atoms with E-state index in [1.165, 1.54) is 12.3 Å². The van der Waals surface area contributed by atoms with Gasteiger partial charge in [-0.1, -0.05) is 34.1 Å². The van der Waals surface area contributed by atoms with Gasteiger partial charge in [-0.25, -0.2) is 4.98 Å². The second kappa shape index (κ2) is 5.83. The molecule has 0 bridgehead atoms. The Kier molecular flexibility index (Phi) is 4.32. The van der Waals surface area contributed by atoms with Gasteiger partial charge in [0.15, 0.2) is 0 Å². The monoisotopic (exact) mass is 344 g/mol. The summed E-state index contributed by atoms with van der Waals surface area (Å²) in [5.74, 6) is 0. The van der Waals surface area contributed by atoms with Gasteiger partial charge in [-0.2, -0.15) is 13.2 Å². The molecular formula is C14H12BrF3N2. The van der Waals surface area contributed by atoms with Crippen LogP contribution in [0, 0.1) is 0 Å². The van der Waals surface area contributed by atoms with Gasteiger partial charge in [-0.05, 0) is 30.7 Å². The van der Waals surface area contributed by atoms with Crippen molar-refractivity contribution in [2.45, 2.75) is 19.1 Å². The minimum atomic E-state index is -4.41. The van der Waals surface area contributed by atoms with E-state index < -0.39 is 11.9 Å². The molecule has 20 heavy (non-hydrogen) atoms. The van der Waals surface area contributed by atoms with Crippen LogP contribution in [0.3, 0.4) is 0 Å². The van der Waals surface area contributed by atoms with Crippen molar-refractivity contribution < 1.29 is 13.2 Å². The Morgan fingerprint density at radius 1 is 1.15 bits per heavy atom. The van der Waals surface area contributed by atoms with E-state index in [0.717, 1.165) is 16.1 Å². The Morgan fingerprint density at radius 2 is 1.85 bits per heavy atom. The number of aromatic nitrogens is 1. The minimum Gasteiger partial charge on any atom is -0.377 e. The van der Waals surface area contributed by atoms with Gasteiger partial charge in [0.25, 0.3) is 0 Å². The molecule has 1 heterocycles. The molecule has 0 fully saturated rings. The maximum absolute atomic E-state index is 12.4. The molecule has 1 unspecified atom stereocenters. The fraction of sp³-hybridized carbons (Fsp3) is 0.214. The maximum Gasteiger partial charge on any atom is 0.433 e. The van der Waals surface area contributed by atoms with E-state index in [2.05, 4.69) is 26.2 Å². The van der Waals surface area contributed by atoms with E-state index in [1.54, 1.807) is 0 Å². The lowest BCUT2D eigenvalue weighted by Crippen LogP contribution is -2.10. The van der Waals surface area contributed by atoms with Gasteiger partial charge in [0, 0.05) is 10.5 Å². The Hall–Kier alpha value is -1.56. The molecule has 0 radical (unpaired) electrons. The van der Waals surface area contributed by atoms with Crippen LogP contribution in [0.25, 0.3) is 0 Å². The normalized spacial score (nSPS) is 13.1. The summed E-state index contributed by atoms with van der Waals surface area (Å²) in [6, 6.07) is 9.96. The molecule has 0 aliphatic rings. The number of pyridine rings is 1. The molecule has 0 aliphatic heterocycles. The molecule has 0 saturated heterocycles. The molecule has 1 atom stereocenters. The third-order valence-electron chi connectivity index (χ3n) is 2.81. The fourth-order valence-electron chi connectivity index (χ4n) is 1.80. The van der Waals surface area contributed by atoms with Gasteiger partial charge in [0.2, 0.25) is 0 Å². The van der Waals surface area contributed by atoms with Gasteiger partial charge < -0.3 is 5.32 Å². The number of nitrogens with one attached hydrogen (secondary N) is 1. The predicted octanol–water partition coefficient (Wildman–Crippen LogP) is 5.04. The van der Waals surface area contributed by atoms with Crippen LogP contribution in [0.15, 0.2) is 47.1 Å². The summed E-state index contributed by atoms with van der Waals surface area (Å²) in [6.07, 6.45) is -3.22. The number of anilines is 1. The third-order valence-corrected chi connectivity index (χ3v) is 3.53. The van der Waals surface area contributed by atoms with Gasteiger partial charge in [0.1, 0.15) is 5.69 Å². The summed E-state index contributed by atoms with van der Waals surface area (Å²) < 4.78 is 38.2. The molecule has 0 saturated carbocycles. The number of hydrogen-bond donors (Lipinski definition) is 1. The van der Waals surface area contributed by atoms with E-state index in [1.807, 2.05) is 31.2 Å². The van der Waals surface area contributed by atoms with Crippen molar-refractivity contribution in [2.24, 2.45) is 0 Å². The fourth-order valence-corrected chi connectivity index (χ4v) is 2.43. The smallest absolute Gasteiger partial charge is 0.377 e. The van der Waals surface area contributed by atoms with Crippen LogP contribution in [-0.4, -0.2) is 4.98 Å². The number of halogens is 4. The maximum atomic E-state index is 12.4. The standard InChI is InChI=1S/C14H12BrF3N2/c1-9(11-4-2-3-5-12(11)15)20-10-6-7-13(19-8-10)14(16,17)18/h2-9,20H,1H3. The molecule has 2 nitrogen and oxygen atoms in total. The van der Waals surface area contributed by atoms with Crippen molar-refractivity contribution in [3.63, 3.8) is 0 Å². The molecule has 2 aromatic rings. The summed E-state index contributed by atoms with van der Waals surface area (Å²) in [7, 11) is 0. The highest BCUT2D eigenvalue weighted by Gasteiger charge is 2.32. The molecule has 0 aliphatic carbocycles. The Balaban J connectivity index is 2.13. The van der Waals surface area contributed by atoms with Crippen LogP contribution in [0.2, 0.25) is 0 Å². The zero-order chi connectivity index (χ0) is 14.8. The van der Waals surface area contributed by atoms with E-state index in [-0.39, 0.29) is 6.04 Å². The number of hydrogen-bond acceptors (Lipinski definition) is 2. The lowest BCUT2D eigenvalue weighted by molar-refractivity contribution is -0.141. The first-order valence-corrected chi connectivity index (χ1v) is 6.71. The van der Waals surface area contributed by atoms with Crippen molar-refractivity contribution in [3.05, 3.63) is 58.3 Å². The van der Waals surface area contributed by atoms with Crippen LogP contribution in [0.4, 0.5) is 18.9 Å². The summed E-state index contributed by atoms with van der Waals surface area (Å²) >= 11 is 3.44. The van der Waals surface area contributed by atoms with E-state index in [4.69, 9.17) is 0 Å². The second-order valence-corrected chi connectivity index (χ2v) is 5.17. The van der Waals surface area contributed by atoms with Crippen molar-refractivity contribution in [1.29, 1.82) is 0 Å². The first kappa shape index (κ1) is 14.8. The summed E-state index contributed by atoms with van der Waals surface area (Å²) in [5, 5.41) is 3.12. The molecular weight excluding hydrogens is 333 g/mol. The summed E-state index contributed by atoms with van der Waals surface area (Å²) in [6.45, 7) is 1.93. The first-order valence-electron chi connectivity index (χ1n) is 5.92. The minimum absolute atomic E-state index is 0.0517. The average molecular weight is 345 g/mol. The third kappa shape index (κ3) is 3.50. The van der Waals surface area contributed by atoms with E-state index >= 15 is 0 Å². The number of alkyl halides is 3. The second-order valence-electron chi connectivity index (χ2n) is 4.32. The molecule has 1 aromatic carbocycles. The molecule has 0 amide bonds. The lowest BCUT2D eigenvalue weighted by atomic mass is 10.1. The highest BCUT2D eigenvalue weighted by molar-refractivity contribution is 9.10. The Bertz CT molecular complexity index is 582. The van der Waals surface area contributed by atoms with Gasteiger partial charge in [-0.3, -0.25) is 0 Å². The van der Waals surface area contributed by atoms with Crippen LogP contribution in [0.1, 0.15) is 24.2 Å². The highest BCUT2D eigenvalue weighted by Crippen LogP contribution is 2.29. The van der Waals surface area contributed by atoms with Gasteiger partial charge >= 0.3 is 6.18 Å². The zero-order valence-corrected chi connectivity index (χ0v) is 12.2. The zero-order valence-electron chi connectivity index (χ0n) is 10.6. The highest BCUT2D eigenvalue weighted by atomic mass is 79.9. The lowest BCUT2D eigenvalue weighted by Gasteiger charge is -2.17. The van der Waals surface area contributed by atoms with Crippen molar-refractivity contribution >= 4 is 21.6 Å². The molecule has 2 rings (SSSR count). The van der Waals surface area contributed by atoms with Crippen molar-refractivity contribution in [3.8, 4) is 0 Å². The van der Waals surface area contributed by atoms with Crippen LogP contribution >= 0.6 is 15.9 Å². The quantitative estimate of drug-likeness (QED) is 0.843. The SMILES string of the molecule is CC(Nc1ccc(C(F)(F)F)nc1)c1ccccc1Br. The number of nitrogens with zero attached hydrogens (tertiary/aromatic N) is 1. The topological polar surface area (TPSA) is 24.9 Å². The molecule has 6 heteroatoms. The predicted molar refractivity (Wildman–Crippen MR) is 75.4 cm³/mol. The van der Waals surface area contributed by atoms with Crippen LogP contribution in [0.5, 0.6) is 0 Å². The molecule has 0 spiro atoms. The van der Waals surface area contributed by atoms with E-state index in [9.17, 15) is 13.2 Å². The molecule has 1 aromatic heterocycles. The number of rotatable bonds is 3. The van der Waals surface area contributed by atoms with Gasteiger partial charge in [0.05, 0.1) is 11.9 Å². The van der Waals surface area contributed by atoms with Crippen molar-refractivity contribution in [2.75, 3.05) is 5.32 Å². The number of benzene rings is 1. The molecule has 106 valence electrons. The average Bonchev–Trinajstić information content (AvgIpc) is 2.38. The molecule has 1 N–H and O–H groups in total. The van der Waals surface area contributed by atoms with Crippen LogP contribution < -0.4 is 5.32 Å².